The highest BCUT2D eigenvalue weighted by atomic mass is 79.9. The summed E-state index contributed by atoms with van der Waals surface area (Å²) in [5.74, 6) is 0.686. The van der Waals surface area contributed by atoms with E-state index in [9.17, 15) is 0 Å². The Morgan fingerprint density at radius 2 is 2.00 bits per heavy atom. The minimum atomic E-state index is 0.0924. The zero-order chi connectivity index (χ0) is 13.3. The van der Waals surface area contributed by atoms with Gasteiger partial charge in [-0.25, -0.2) is 0 Å². The van der Waals surface area contributed by atoms with Crippen LogP contribution in [0, 0.1) is 5.92 Å². The van der Waals surface area contributed by atoms with Crippen molar-refractivity contribution in [2.75, 3.05) is 11.4 Å². The summed E-state index contributed by atoms with van der Waals surface area (Å²) in [6.45, 7) is 7.70. The first-order valence-corrected chi connectivity index (χ1v) is 7.60. The van der Waals surface area contributed by atoms with E-state index in [2.05, 4.69) is 52.9 Å². The van der Waals surface area contributed by atoms with Crippen molar-refractivity contribution < 1.29 is 0 Å². The average molecular weight is 311 g/mol. The largest absolute Gasteiger partial charge is 0.367 e. The number of anilines is 1. The summed E-state index contributed by atoms with van der Waals surface area (Å²) >= 11 is 3.70. The van der Waals surface area contributed by atoms with E-state index in [1.54, 1.807) is 0 Å². The van der Waals surface area contributed by atoms with Gasteiger partial charge < -0.3 is 10.6 Å². The molecule has 0 amide bonds. The topological polar surface area (TPSA) is 29.3 Å². The van der Waals surface area contributed by atoms with E-state index in [1.807, 2.05) is 6.92 Å². The van der Waals surface area contributed by atoms with Crippen molar-refractivity contribution in [2.24, 2.45) is 11.7 Å². The molecule has 2 rings (SSSR count). The molecule has 2 nitrogen and oxygen atoms in total. The van der Waals surface area contributed by atoms with Crippen molar-refractivity contribution in [2.45, 2.75) is 45.7 Å². The molecular formula is C15H23BrN2. The van der Waals surface area contributed by atoms with E-state index in [-0.39, 0.29) is 6.04 Å². The van der Waals surface area contributed by atoms with E-state index in [0.717, 1.165) is 12.6 Å². The Morgan fingerprint density at radius 3 is 2.44 bits per heavy atom. The van der Waals surface area contributed by atoms with E-state index in [1.165, 1.54) is 28.6 Å². The Labute approximate surface area is 119 Å². The van der Waals surface area contributed by atoms with Crippen LogP contribution in [0.4, 0.5) is 5.69 Å². The first kappa shape index (κ1) is 13.9. The molecule has 0 heterocycles. The van der Waals surface area contributed by atoms with Crippen LogP contribution in [-0.4, -0.2) is 12.6 Å². The maximum absolute atomic E-state index is 5.93. The monoisotopic (exact) mass is 310 g/mol. The lowest BCUT2D eigenvalue weighted by molar-refractivity contribution is 0.606. The maximum Gasteiger partial charge on any atom is 0.0513 e. The summed E-state index contributed by atoms with van der Waals surface area (Å²) in [4.78, 5) is 2.54. The molecule has 1 atom stereocenters. The van der Waals surface area contributed by atoms with Crippen molar-refractivity contribution in [3.8, 4) is 0 Å². The number of hydrogen-bond donors (Lipinski definition) is 1. The van der Waals surface area contributed by atoms with E-state index < -0.39 is 0 Å². The lowest BCUT2D eigenvalue weighted by Gasteiger charge is -2.28. The second-order valence-electron chi connectivity index (χ2n) is 5.78. The standard InChI is InChI=1S/C15H23BrN2/c1-10(2)9-18(13-5-6-13)15-7-4-12(11(3)17)8-14(15)16/h4,7-8,10-11,13H,5-6,9,17H2,1-3H3/t11-/m0/s1. The Balaban J connectivity index is 2.24. The molecule has 1 fully saturated rings. The fraction of sp³-hybridized carbons (Fsp3) is 0.600. The van der Waals surface area contributed by atoms with Crippen LogP contribution < -0.4 is 10.6 Å². The van der Waals surface area contributed by atoms with Crippen LogP contribution >= 0.6 is 15.9 Å². The molecular weight excluding hydrogens is 288 g/mol. The van der Waals surface area contributed by atoms with Gasteiger partial charge >= 0.3 is 0 Å². The molecule has 1 aliphatic carbocycles. The quantitative estimate of drug-likeness (QED) is 0.887. The van der Waals surface area contributed by atoms with Gasteiger partial charge in [-0.15, -0.1) is 0 Å². The van der Waals surface area contributed by atoms with Crippen LogP contribution in [-0.2, 0) is 0 Å². The number of benzene rings is 1. The summed E-state index contributed by atoms with van der Waals surface area (Å²) in [5.41, 5.74) is 8.43. The predicted octanol–water partition coefficient (Wildman–Crippen LogP) is 4.09. The van der Waals surface area contributed by atoms with Crippen molar-refractivity contribution in [3.63, 3.8) is 0 Å². The molecule has 1 aromatic rings. The number of nitrogens with two attached hydrogens (primary N) is 1. The lowest BCUT2D eigenvalue weighted by Crippen LogP contribution is -2.30. The third kappa shape index (κ3) is 3.27. The highest BCUT2D eigenvalue weighted by Crippen LogP contribution is 2.37. The summed E-state index contributed by atoms with van der Waals surface area (Å²) < 4.78 is 1.17. The maximum atomic E-state index is 5.93. The highest BCUT2D eigenvalue weighted by molar-refractivity contribution is 9.10. The Morgan fingerprint density at radius 1 is 1.33 bits per heavy atom. The van der Waals surface area contributed by atoms with Crippen LogP contribution in [0.1, 0.15) is 45.2 Å². The molecule has 3 heteroatoms. The normalized spacial score (nSPS) is 17.0. The molecule has 0 bridgehead atoms. The van der Waals surface area contributed by atoms with Crippen LogP contribution in [0.3, 0.4) is 0 Å². The molecule has 0 aliphatic heterocycles. The highest BCUT2D eigenvalue weighted by Gasteiger charge is 2.30. The molecule has 0 radical (unpaired) electrons. The summed E-state index contributed by atoms with van der Waals surface area (Å²) in [5, 5.41) is 0. The molecule has 0 unspecified atom stereocenters. The molecule has 0 saturated heterocycles. The zero-order valence-corrected chi connectivity index (χ0v) is 13.1. The van der Waals surface area contributed by atoms with Crippen LogP contribution in [0.15, 0.2) is 22.7 Å². The van der Waals surface area contributed by atoms with Gasteiger partial charge in [0.2, 0.25) is 0 Å². The molecule has 1 aromatic carbocycles. The van der Waals surface area contributed by atoms with Crippen molar-refractivity contribution in [3.05, 3.63) is 28.2 Å². The van der Waals surface area contributed by atoms with Crippen molar-refractivity contribution >= 4 is 21.6 Å². The van der Waals surface area contributed by atoms with Crippen molar-refractivity contribution in [1.29, 1.82) is 0 Å². The third-order valence-corrected chi connectivity index (χ3v) is 3.99. The van der Waals surface area contributed by atoms with Gasteiger partial charge in [0, 0.05) is 23.1 Å². The Hall–Kier alpha value is -0.540. The van der Waals surface area contributed by atoms with Gasteiger partial charge in [0.15, 0.2) is 0 Å². The van der Waals surface area contributed by atoms with Crippen LogP contribution in [0.5, 0.6) is 0 Å². The smallest absolute Gasteiger partial charge is 0.0513 e. The van der Waals surface area contributed by atoms with Gasteiger partial charge in [-0.1, -0.05) is 19.9 Å². The van der Waals surface area contributed by atoms with Crippen LogP contribution in [0.25, 0.3) is 0 Å². The van der Waals surface area contributed by atoms with Gasteiger partial charge in [-0.05, 0) is 59.3 Å². The van der Waals surface area contributed by atoms with E-state index >= 15 is 0 Å². The fourth-order valence-electron chi connectivity index (χ4n) is 2.26. The number of hydrogen-bond acceptors (Lipinski definition) is 2. The molecule has 2 N–H and O–H groups in total. The van der Waals surface area contributed by atoms with E-state index in [0.29, 0.717) is 5.92 Å². The van der Waals surface area contributed by atoms with Gasteiger partial charge in [0.1, 0.15) is 0 Å². The number of nitrogens with zero attached hydrogens (tertiary/aromatic N) is 1. The van der Waals surface area contributed by atoms with Gasteiger partial charge in [0.05, 0.1) is 5.69 Å². The van der Waals surface area contributed by atoms with Crippen molar-refractivity contribution in [1.82, 2.24) is 0 Å². The summed E-state index contributed by atoms with van der Waals surface area (Å²) in [6.07, 6.45) is 2.66. The molecule has 0 aromatic heterocycles. The number of halogens is 1. The Bertz CT molecular complexity index is 411. The van der Waals surface area contributed by atoms with Gasteiger partial charge in [-0.2, -0.15) is 0 Å². The molecule has 100 valence electrons. The second-order valence-corrected chi connectivity index (χ2v) is 6.63. The zero-order valence-electron chi connectivity index (χ0n) is 11.5. The minimum absolute atomic E-state index is 0.0924. The number of rotatable bonds is 5. The second kappa shape index (κ2) is 5.62. The van der Waals surface area contributed by atoms with E-state index in [4.69, 9.17) is 5.73 Å². The summed E-state index contributed by atoms with van der Waals surface area (Å²) in [7, 11) is 0. The predicted molar refractivity (Wildman–Crippen MR) is 82.0 cm³/mol. The summed E-state index contributed by atoms with van der Waals surface area (Å²) in [6, 6.07) is 7.36. The van der Waals surface area contributed by atoms with Gasteiger partial charge in [0.25, 0.3) is 0 Å². The van der Waals surface area contributed by atoms with Gasteiger partial charge in [-0.3, -0.25) is 0 Å². The average Bonchev–Trinajstić information content (AvgIpc) is 3.09. The minimum Gasteiger partial charge on any atom is -0.367 e. The first-order valence-electron chi connectivity index (χ1n) is 6.80. The molecule has 1 saturated carbocycles. The first-order chi connectivity index (χ1) is 8.49. The fourth-order valence-corrected chi connectivity index (χ4v) is 2.89. The SMILES string of the molecule is CC(C)CN(c1ccc([C@H](C)N)cc1Br)C1CC1. The molecule has 18 heavy (non-hydrogen) atoms. The lowest BCUT2D eigenvalue weighted by atomic mass is 10.1. The molecule has 0 spiro atoms. The Kier molecular flexibility index (Phi) is 4.33. The third-order valence-electron chi connectivity index (χ3n) is 3.36. The van der Waals surface area contributed by atoms with Crippen LogP contribution in [0.2, 0.25) is 0 Å². The molecule has 1 aliphatic rings.